The van der Waals surface area contributed by atoms with Crippen LogP contribution in [-0.4, -0.2) is 105 Å². The molecule has 0 aliphatic heterocycles. The number of phenolic OH excluding ortho intramolecular Hbond substituents is 2. The number of fused-ring (bicyclic) bond motifs is 1. The Hall–Kier alpha value is -3.76. The molecule has 0 fully saturated rings. The summed E-state index contributed by atoms with van der Waals surface area (Å²) in [6.07, 6.45) is 3.38. The van der Waals surface area contributed by atoms with Crippen LogP contribution in [0.4, 0.5) is 0 Å². The zero-order chi connectivity index (χ0) is 32.9. The van der Waals surface area contributed by atoms with Crippen molar-refractivity contribution in [2.45, 2.75) is 39.8 Å². The number of aryl methyl sites for hydroxylation is 1. The van der Waals surface area contributed by atoms with Gasteiger partial charge in [-0.2, -0.15) is 0 Å². The molecule has 15 nitrogen and oxygen atoms in total. The lowest BCUT2D eigenvalue weighted by atomic mass is 10.1. The number of carbonyl (C=O) groups is 1. The van der Waals surface area contributed by atoms with Crippen molar-refractivity contribution in [3.8, 4) is 17.2 Å². The van der Waals surface area contributed by atoms with Gasteiger partial charge in [-0.3, -0.25) is 9.48 Å². The molecule has 3 rings (SSSR count). The summed E-state index contributed by atoms with van der Waals surface area (Å²) in [7, 11) is 2.97. The molecule has 0 radical (unpaired) electrons. The Morgan fingerprint density at radius 3 is 2.11 bits per heavy atom. The molecule has 0 saturated carbocycles. The van der Waals surface area contributed by atoms with Crippen molar-refractivity contribution in [2.75, 3.05) is 73.6 Å². The number of aromatic hydroxyl groups is 2. The minimum atomic E-state index is -0.595. The quantitative estimate of drug-likeness (QED) is 0.0877. The number of ether oxygens (including phenoxy) is 6. The Labute approximate surface area is 262 Å². The van der Waals surface area contributed by atoms with Gasteiger partial charge in [0.1, 0.15) is 5.69 Å². The van der Waals surface area contributed by atoms with Gasteiger partial charge in [-0.1, -0.05) is 19.1 Å². The number of nitrogens with zero attached hydrogens (tertiary/aromatic N) is 3. The molecule has 0 spiro atoms. The highest BCUT2D eigenvalue weighted by Gasteiger charge is 2.14. The van der Waals surface area contributed by atoms with Crippen LogP contribution in [0.2, 0.25) is 0 Å². The van der Waals surface area contributed by atoms with Crippen molar-refractivity contribution in [2.24, 2.45) is 5.92 Å². The molecule has 0 aliphatic carbocycles. The van der Waals surface area contributed by atoms with Gasteiger partial charge in [-0.05, 0) is 24.5 Å². The topological polar surface area (TPSA) is 186 Å². The van der Waals surface area contributed by atoms with Crippen LogP contribution >= 0.6 is 0 Å². The molecule has 2 heterocycles. The largest absolute Gasteiger partial charge is 0.502 e. The summed E-state index contributed by atoms with van der Waals surface area (Å²) in [4.78, 5) is 21.9. The number of amides is 1. The average Bonchev–Trinajstić information content (AvgIpc) is 3.49. The fourth-order valence-corrected chi connectivity index (χ4v) is 3.57. The second kappa shape index (κ2) is 21.9. The normalized spacial score (nSPS) is 11.0. The fraction of sp³-hybridized carbons (Fsp3) is 0.600. The first-order chi connectivity index (χ1) is 21.7. The number of phenols is 2. The number of hydrogen-bond donors (Lipinski definition) is 3. The minimum absolute atomic E-state index is 0.0281. The predicted molar refractivity (Wildman–Crippen MR) is 163 cm³/mol. The number of methoxy groups -OCH3 is 1. The number of rotatable bonds is 21. The second-order valence-corrected chi connectivity index (χ2v) is 10.0. The van der Waals surface area contributed by atoms with E-state index in [1.54, 1.807) is 7.05 Å². The second-order valence-electron chi connectivity index (χ2n) is 10.0. The molecule has 1 amide bonds. The van der Waals surface area contributed by atoms with E-state index in [2.05, 4.69) is 29.5 Å². The summed E-state index contributed by atoms with van der Waals surface area (Å²) in [6, 6.07) is 4.16. The lowest BCUT2D eigenvalue weighted by Crippen LogP contribution is -2.20. The van der Waals surface area contributed by atoms with E-state index < -0.39 is 17.1 Å². The van der Waals surface area contributed by atoms with Gasteiger partial charge in [-0.15, -0.1) is 5.10 Å². The molecule has 45 heavy (non-hydrogen) atoms. The van der Waals surface area contributed by atoms with Crippen molar-refractivity contribution in [1.82, 2.24) is 20.3 Å². The SMILES string of the molecule is CNC(=O)CCOCCOCCOCCOCCOCc1cn(CCC(C)C)nn1.COc1cc2ccc(=O)oc2c(O)c1O. The molecule has 0 aliphatic rings. The van der Waals surface area contributed by atoms with Crippen LogP contribution in [0.3, 0.4) is 0 Å². The van der Waals surface area contributed by atoms with Crippen molar-refractivity contribution in [3.63, 3.8) is 0 Å². The van der Waals surface area contributed by atoms with Gasteiger partial charge in [-0.25, -0.2) is 4.79 Å². The summed E-state index contributed by atoms with van der Waals surface area (Å²) < 4.78 is 38.5. The third-order valence-corrected chi connectivity index (χ3v) is 6.06. The van der Waals surface area contributed by atoms with E-state index in [1.807, 2.05) is 10.9 Å². The monoisotopic (exact) mass is 638 g/mol. The minimum Gasteiger partial charge on any atom is -0.502 e. The standard InChI is InChI=1S/C20H38N4O6.C10H8O5/c1-18(2)4-6-24-16-19(22-23-24)17-30-15-14-29-13-12-28-11-10-27-9-8-26-7-5-20(25)21-3;1-14-6-4-5-2-3-7(11)15-10(5)9(13)8(6)12/h16,18H,4-15,17H2,1-3H3,(H,21,25);2-4,12-13H,1H3. The smallest absolute Gasteiger partial charge is 0.336 e. The highest BCUT2D eigenvalue weighted by molar-refractivity contribution is 5.87. The summed E-state index contributed by atoms with van der Waals surface area (Å²) in [5.74, 6) is -0.204. The first-order valence-electron chi connectivity index (χ1n) is 14.8. The molecule has 0 saturated heterocycles. The maximum absolute atomic E-state index is 11.0. The molecule has 0 atom stereocenters. The maximum Gasteiger partial charge on any atom is 0.336 e. The van der Waals surface area contributed by atoms with Crippen LogP contribution < -0.4 is 15.7 Å². The highest BCUT2D eigenvalue weighted by atomic mass is 16.6. The van der Waals surface area contributed by atoms with Gasteiger partial charge in [0.25, 0.3) is 0 Å². The molecule has 2 aromatic heterocycles. The zero-order valence-electron chi connectivity index (χ0n) is 26.5. The Balaban J connectivity index is 0.000000388. The Morgan fingerprint density at radius 1 is 0.933 bits per heavy atom. The Morgan fingerprint density at radius 2 is 1.53 bits per heavy atom. The van der Waals surface area contributed by atoms with Crippen molar-refractivity contribution in [1.29, 1.82) is 0 Å². The zero-order valence-corrected chi connectivity index (χ0v) is 26.5. The number of nitrogens with one attached hydrogen (secondary N) is 1. The third kappa shape index (κ3) is 15.2. The maximum atomic E-state index is 11.0. The van der Waals surface area contributed by atoms with E-state index in [-0.39, 0.29) is 17.2 Å². The average molecular weight is 639 g/mol. The van der Waals surface area contributed by atoms with E-state index in [4.69, 9.17) is 32.8 Å². The molecule has 3 aromatic rings. The molecule has 3 N–H and O–H groups in total. The lowest BCUT2D eigenvalue weighted by Gasteiger charge is -2.07. The van der Waals surface area contributed by atoms with Gasteiger partial charge in [0.15, 0.2) is 11.3 Å². The number of benzene rings is 1. The lowest BCUT2D eigenvalue weighted by molar-refractivity contribution is -0.121. The van der Waals surface area contributed by atoms with Gasteiger partial charge in [0.2, 0.25) is 17.4 Å². The first kappa shape index (κ1) is 37.4. The summed E-state index contributed by atoms with van der Waals surface area (Å²) in [5.41, 5.74) is 0.183. The van der Waals surface area contributed by atoms with E-state index >= 15 is 0 Å². The molecule has 252 valence electrons. The molecule has 0 bridgehead atoms. The highest BCUT2D eigenvalue weighted by Crippen LogP contribution is 2.40. The van der Waals surface area contributed by atoms with Crippen LogP contribution in [0.25, 0.3) is 11.0 Å². The van der Waals surface area contributed by atoms with Crippen molar-refractivity contribution >= 4 is 16.9 Å². The predicted octanol–water partition coefficient (Wildman–Crippen LogP) is 2.26. The molecular formula is C30H46N4O11. The van der Waals surface area contributed by atoms with Gasteiger partial charge >= 0.3 is 5.63 Å². The van der Waals surface area contributed by atoms with Gasteiger partial charge < -0.3 is 48.4 Å². The Bertz CT molecular complexity index is 1310. The van der Waals surface area contributed by atoms with Crippen LogP contribution in [0.5, 0.6) is 17.2 Å². The van der Waals surface area contributed by atoms with E-state index in [9.17, 15) is 19.8 Å². The molecular weight excluding hydrogens is 592 g/mol. The molecule has 1 aromatic carbocycles. The Kier molecular flexibility index (Phi) is 18.2. The fourth-order valence-electron chi connectivity index (χ4n) is 3.57. The van der Waals surface area contributed by atoms with Crippen LogP contribution in [0.15, 0.2) is 33.6 Å². The van der Waals surface area contributed by atoms with Crippen molar-refractivity contribution in [3.05, 3.63) is 40.5 Å². The van der Waals surface area contributed by atoms with Crippen molar-refractivity contribution < 1.29 is 47.8 Å². The molecule has 0 unspecified atom stereocenters. The molecule has 15 heteroatoms. The van der Waals surface area contributed by atoms with E-state index in [1.165, 1.54) is 25.3 Å². The van der Waals surface area contributed by atoms with E-state index in [0.717, 1.165) is 18.7 Å². The third-order valence-electron chi connectivity index (χ3n) is 6.06. The van der Waals surface area contributed by atoms with Gasteiger partial charge in [0, 0.05) is 31.5 Å². The van der Waals surface area contributed by atoms with Crippen LogP contribution in [0, 0.1) is 5.92 Å². The first-order valence-corrected chi connectivity index (χ1v) is 14.8. The summed E-state index contributed by atoms with van der Waals surface area (Å²) >= 11 is 0. The van der Waals surface area contributed by atoms with Crippen LogP contribution in [-0.2, 0) is 41.6 Å². The number of carbonyl (C=O) groups excluding carboxylic acids is 1. The number of aromatic nitrogens is 3. The van der Waals surface area contributed by atoms with E-state index in [0.29, 0.717) is 83.8 Å². The summed E-state index contributed by atoms with van der Waals surface area (Å²) in [5, 5.41) is 30.2. The summed E-state index contributed by atoms with van der Waals surface area (Å²) in [6.45, 7) is 10.1. The number of hydrogen-bond acceptors (Lipinski definition) is 13. The van der Waals surface area contributed by atoms with Gasteiger partial charge in [0.05, 0.1) is 79.4 Å². The van der Waals surface area contributed by atoms with Crippen LogP contribution in [0.1, 0.15) is 32.4 Å².